The van der Waals surface area contributed by atoms with Gasteiger partial charge in [0, 0.05) is 19.5 Å². The summed E-state index contributed by atoms with van der Waals surface area (Å²) in [6, 6.07) is 0. The molecule has 1 atom stereocenters. The zero-order valence-corrected chi connectivity index (χ0v) is 11.6. The lowest BCUT2D eigenvalue weighted by atomic mass is 9.90. The summed E-state index contributed by atoms with van der Waals surface area (Å²) in [6.45, 7) is 7.20. The fraction of sp³-hybridized carbons (Fsp3) is 0.857. The summed E-state index contributed by atoms with van der Waals surface area (Å²) >= 11 is 0. The number of ether oxygens (including phenoxy) is 1. The van der Waals surface area contributed by atoms with Crippen LogP contribution in [-0.4, -0.2) is 36.0 Å². The fourth-order valence-corrected chi connectivity index (χ4v) is 2.95. The van der Waals surface area contributed by atoms with Gasteiger partial charge in [0.2, 0.25) is 0 Å². The molecule has 1 unspecified atom stereocenters. The van der Waals surface area contributed by atoms with E-state index in [0.29, 0.717) is 17.8 Å². The number of piperidine rings is 1. The predicted molar refractivity (Wildman–Crippen MR) is 68.3 cm³/mol. The second kappa shape index (κ2) is 4.56. The summed E-state index contributed by atoms with van der Waals surface area (Å²) in [4.78, 5) is 24.2. The number of hydrogen-bond acceptors (Lipinski definition) is 3. The van der Waals surface area contributed by atoms with Crippen molar-refractivity contribution in [1.29, 1.82) is 0 Å². The van der Waals surface area contributed by atoms with E-state index in [1.165, 1.54) is 0 Å². The molecule has 0 aromatic carbocycles. The Bertz CT molecular complexity index is 337. The van der Waals surface area contributed by atoms with Gasteiger partial charge in [-0.1, -0.05) is 0 Å². The first-order chi connectivity index (χ1) is 8.36. The van der Waals surface area contributed by atoms with Gasteiger partial charge in [-0.05, 0) is 51.4 Å². The first-order valence-corrected chi connectivity index (χ1v) is 6.78. The maximum Gasteiger partial charge on any atom is 0.410 e. The Morgan fingerprint density at radius 3 is 2.50 bits per heavy atom. The molecule has 0 N–H and O–H groups in total. The minimum atomic E-state index is -0.425. The Morgan fingerprint density at radius 1 is 1.39 bits per heavy atom. The molecule has 1 spiro atoms. The van der Waals surface area contributed by atoms with Gasteiger partial charge >= 0.3 is 6.09 Å². The van der Waals surface area contributed by atoms with E-state index in [4.69, 9.17) is 4.74 Å². The number of amides is 1. The molecule has 1 aliphatic carbocycles. The van der Waals surface area contributed by atoms with Crippen LogP contribution in [0.3, 0.4) is 0 Å². The Balaban J connectivity index is 1.81. The highest BCUT2D eigenvalue weighted by molar-refractivity contribution is 5.68. The van der Waals surface area contributed by atoms with E-state index in [-0.39, 0.29) is 6.09 Å². The summed E-state index contributed by atoms with van der Waals surface area (Å²) in [5.74, 6) is 0.566. The molecular formula is C14H23NO3. The molecule has 102 valence electrons. The molecule has 2 rings (SSSR count). The summed E-state index contributed by atoms with van der Waals surface area (Å²) in [6.07, 6.45) is 4.71. The van der Waals surface area contributed by atoms with Crippen molar-refractivity contribution in [3.05, 3.63) is 0 Å². The van der Waals surface area contributed by atoms with Crippen molar-refractivity contribution in [1.82, 2.24) is 4.90 Å². The highest BCUT2D eigenvalue weighted by atomic mass is 16.6. The number of hydrogen-bond donors (Lipinski definition) is 0. The average Bonchev–Trinajstić information content (AvgIpc) is 2.90. The number of aldehydes is 1. The van der Waals surface area contributed by atoms with Gasteiger partial charge in [-0.2, -0.15) is 0 Å². The molecule has 0 aromatic rings. The van der Waals surface area contributed by atoms with Crippen LogP contribution in [0.4, 0.5) is 4.79 Å². The van der Waals surface area contributed by atoms with Crippen LogP contribution in [0.1, 0.15) is 46.5 Å². The second-order valence-corrected chi connectivity index (χ2v) is 6.63. The SMILES string of the molecule is CC(C)(C)OC(=O)N1CCC2(CC1)CC2CC=O. The third kappa shape index (κ3) is 2.85. The molecule has 1 aliphatic heterocycles. The molecule has 2 fully saturated rings. The van der Waals surface area contributed by atoms with Crippen LogP contribution in [0.5, 0.6) is 0 Å². The van der Waals surface area contributed by atoms with Crippen molar-refractivity contribution < 1.29 is 14.3 Å². The van der Waals surface area contributed by atoms with E-state index in [0.717, 1.165) is 38.6 Å². The maximum absolute atomic E-state index is 11.9. The van der Waals surface area contributed by atoms with Gasteiger partial charge in [0.05, 0.1) is 0 Å². The van der Waals surface area contributed by atoms with Crippen molar-refractivity contribution >= 4 is 12.4 Å². The van der Waals surface area contributed by atoms with Gasteiger partial charge < -0.3 is 14.4 Å². The normalized spacial score (nSPS) is 25.9. The Hall–Kier alpha value is -1.06. The Morgan fingerprint density at radius 2 is 2.00 bits per heavy atom. The van der Waals surface area contributed by atoms with E-state index in [1.807, 2.05) is 20.8 Å². The minimum Gasteiger partial charge on any atom is -0.444 e. The smallest absolute Gasteiger partial charge is 0.410 e. The number of carbonyl (C=O) groups excluding carboxylic acids is 2. The van der Waals surface area contributed by atoms with Gasteiger partial charge in [-0.25, -0.2) is 4.79 Å². The zero-order chi connectivity index (χ0) is 13.4. The highest BCUT2D eigenvalue weighted by Gasteiger charge is 2.54. The van der Waals surface area contributed by atoms with E-state index in [2.05, 4.69) is 0 Å². The molecule has 0 radical (unpaired) electrons. The topological polar surface area (TPSA) is 46.6 Å². The van der Waals surface area contributed by atoms with E-state index >= 15 is 0 Å². The van der Waals surface area contributed by atoms with Crippen LogP contribution < -0.4 is 0 Å². The van der Waals surface area contributed by atoms with Gasteiger partial charge in [-0.3, -0.25) is 0 Å². The molecule has 0 aromatic heterocycles. The van der Waals surface area contributed by atoms with Crippen LogP contribution in [0.25, 0.3) is 0 Å². The molecule has 1 saturated heterocycles. The molecule has 0 bridgehead atoms. The molecule has 1 saturated carbocycles. The first-order valence-electron chi connectivity index (χ1n) is 6.78. The monoisotopic (exact) mass is 253 g/mol. The minimum absolute atomic E-state index is 0.204. The summed E-state index contributed by atoms with van der Waals surface area (Å²) in [5.41, 5.74) is -0.0642. The quantitative estimate of drug-likeness (QED) is 0.711. The highest BCUT2D eigenvalue weighted by Crippen LogP contribution is 2.60. The second-order valence-electron chi connectivity index (χ2n) is 6.63. The fourth-order valence-electron chi connectivity index (χ4n) is 2.95. The largest absolute Gasteiger partial charge is 0.444 e. The molecule has 4 heteroatoms. The van der Waals surface area contributed by atoms with Gasteiger partial charge in [0.15, 0.2) is 0 Å². The molecule has 1 heterocycles. The Kier molecular flexibility index (Phi) is 3.39. The van der Waals surface area contributed by atoms with Gasteiger partial charge in [0.25, 0.3) is 0 Å². The van der Waals surface area contributed by atoms with Crippen LogP contribution in [0.2, 0.25) is 0 Å². The zero-order valence-electron chi connectivity index (χ0n) is 11.6. The third-order valence-electron chi connectivity index (χ3n) is 4.15. The predicted octanol–water partition coefficient (Wildman–Crippen LogP) is 2.61. The molecule has 18 heavy (non-hydrogen) atoms. The lowest BCUT2D eigenvalue weighted by molar-refractivity contribution is -0.108. The van der Waals surface area contributed by atoms with E-state index in [9.17, 15) is 9.59 Å². The number of carbonyl (C=O) groups is 2. The lowest BCUT2D eigenvalue weighted by Crippen LogP contribution is -2.42. The maximum atomic E-state index is 11.9. The summed E-state index contributed by atoms with van der Waals surface area (Å²) in [5, 5.41) is 0. The standard InChI is InChI=1S/C14H23NO3/c1-13(2,3)18-12(17)15-7-5-14(6-8-15)10-11(14)4-9-16/h9,11H,4-8,10H2,1-3H3. The Labute approximate surface area is 109 Å². The molecule has 2 aliphatic rings. The van der Waals surface area contributed by atoms with Crippen LogP contribution >= 0.6 is 0 Å². The number of nitrogens with zero attached hydrogens (tertiary/aromatic N) is 1. The molecular weight excluding hydrogens is 230 g/mol. The summed E-state index contributed by atoms with van der Waals surface area (Å²) in [7, 11) is 0. The van der Waals surface area contributed by atoms with Crippen molar-refractivity contribution in [3.8, 4) is 0 Å². The number of likely N-dealkylation sites (tertiary alicyclic amines) is 1. The van der Waals surface area contributed by atoms with Crippen LogP contribution in [0.15, 0.2) is 0 Å². The van der Waals surface area contributed by atoms with Crippen molar-refractivity contribution in [2.75, 3.05) is 13.1 Å². The third-order valence-corrected chi connectivity index (χ3v) is 4.15. The number of rotatable bonds is 2. The van der Waals surface area contributed by atoms with E-state index < -0.39 is 5.60 Å². The van der Waals surface area contributed by atoms with Crippen LogP contribution in [-0.2, 0) is 9.53 Å². The van der Waals surface area contributed by atoms with Gasteiger partial charge in [0.1, 0.15) is 11.9 Å². The van der Waals surface area contributed by atoms with Crippen LogP contribution in [0, 0.1) is 11.3 Å². The van der Waals surface area contributed by atoms with Crippen molar-refractivity contribution in [2.24, 2.45) is 11.3 Å². The van der Waals surface area contributed by atoms with Crippen molar-refractivity contribution in [2.45, 2.75) is 52.1 Å². The molecule has 4 nitrogen and oxygen atoms in total. The summed E-state index contributed by atoms with van der Waals surface area (Å²) < 4.78 is 5.37. The van der Waals surface area contributed by atoms with Crippen molar-refractivity contribution in [3.63, 3.8) is 0 Å². The van der Waals surface area contributed by atoms with Gasteiger partial charge in [-0.15, -0.1) is 0 Å². The average molecular weight is 253 g/mol. The first kappa shape index (κ1) is 13.4. The lowest BCUT2D eigenvalue weighted by Gasteiger charge is -2.34. The molecule has 1 amide bonds. The van der Waals surface area contributed by atoms with E-state index in [1.54, 1.807) is 4.90 Å².